The maximum Gasteiger partial charge on any atom is 0.188 e. The Hall–Kier alpha value is -2.23. The molecule has 6 rings (SSSR count). The summed E-state index contributed by atoms with van der Waals surface area (Å²) in [6.45, 7) is 3.56. The van der Waals surface area contributed by atoms with E-state index in [9.17, 15) is 0 Å². The van der Waals surface area contributed by atoms with E-state index in [1.165, 1.54) is 12.8 Å². The molecule has 2 fully saturated rings. The summed E-state index contributed by atoms with van der Waals surface area (Å²) in [7, 11) is 1.56. The van der Waals surface area contributed by atoms with Crippen LogP contribution in [0.4, 0.5) is 4.39 Å². The number of aryl methyl sites for hydroxylation is 1. The number of unbranched alkanes of at least 4 members (excludes halogenated alkanes) is 1. The van der Waals surface area contributed by atoms with Gasteiger partial charge in [0.15, 0.2) is 12.6 Å². The number of morpholine rings is 1. The van der Waals surface area contributed by atoms with E-state index in [1.807, 2.05) is 41.1 Å². The average molecular weight is 603 g/mol. The number of benzene rings is 3. The van der Waals surface area contributed by atoms with Crippen LogP contribution >= 0.6 is 27.5 Å². The maximum absolute atomic E-state index is 16.2. The molecule has 4 aromatic rings. The molecular weight excluding hydrogens is 573 g/mol. The summed E-state index contributed by atoms with van der Waals surface area (Å²) in [5, 5.41) is 7.47. The van der Waals surface area contributed by atoms with E-state index >= 15 is 4.39 Å². The highest BCUT2D eigenvalue weighted by atomic mass is 79.9. The van der Waals surface area contributed by atoms with Gasteiger partial charge in [0.05, 0.1) is 18.2 Å². The lowest BCUT2D eigenvalue weighted by molar-refractivity contribution is -0.0151. The summed E-state index contributed by atoms with van der Waals surface area (Å²) in [5.74, 6) is 0.141. The van der Waals surface area contributed by atoms with E-state index in [-0.39, 0.29) is 6.79 Å². The highest BCUT2D eigenvalue weighted by molar-refractivity contribution is 9.10. The second-order valence-electron chi connectivity index (χ2n) is 10.1. The summed E-state index contributed by atoms with van der Waals surface area (Å²) < 4.78 is 35.2. The van der Waals surface area contributed by atoms with Crippen LogP contribution in [-0.2, 0) is 16.0 Å². The van der Waals surface area contributed by atoms with Crippen molar-refractivity contribution >= 4 is 49.2 Å². The molecule has 0 amide bonds. The van der Waals surface area contributed by atoms with Gasteiger partial charge in [-0.25, -0.2) is 4.39 Å². The number of nitrogens with zero attached hydrogens (tertiary/aromatic N) is 3. The Balaban J connectivity index is 1.28. The second-order valence-corrected chi connectivity index (χ2v) is 11.2. The highest BCUT2D eigenvalue weighted by Gasteiger charge is 2.36. The lowest BCUT2D eigenvalue weighted by Crippen LogP contribution is -2.46. The van der Waals surface area contributed by atoms with Gasteiger partial charge in [-0.2, -0.15) is 5.10 Å². The van der Waals surface area contributed by atoms with Crippen molar-refractivity contribution < 1.29 is 18.6 Å². The number of hydrogen-bond donors (Lipinski definition) is 0. The van der Waals surface area contributed by atoms with Crippen molar-refractivity contribution in [2.24, 2.45) is 0 Å². The number of hydrogen-bond acceptors (Lipinski definition) is 5. The third-order valence-electron chi connectivity index (χ3n) is 7.74. The molecule has 0 radical (unpaired) electrons. The van der Waals surface area contributed by atoms with Crippen molar-refractivity contribution in [1.82, 2.24) is 14.7 Å². The lowest BCUT2D eigenvalue weighted by atomic mass is 9.96. The first kappa shape index (κ1) is 26.0. The quantitative estimate of drug-likeness (QED) is 0.152. The molecule has 200 valence electrons. The molecule has 0 saturated carbocycles. The fraction of sp³-hybridized carbons (Fsp3) is 0.414. The minimum Gasteiger partial charge on any atom is -0.468 e. The Bertz CT molecular complexity index is 1460. The van der Waals surface area contributed by atoms with Gasteiger partial charge in [-0.15, -0.1) is 0 Å². The van der Waals surface area contributed by atoms with Crippen LogP contribution in [0.25, 0.3) is 32.8 Å². The first-order valence-electron chi connectivity index (χ1n) is 13.1. The molecule has 1 aromatic heterocycles. The molecule has 2 aliphatic rings. The normalized spacial score (nSPS) is 19.6. The molecule has 9 heteroatoms. The van der Waals surface area contributed by atoms with Crippen molar-refractivity contribution in [3.8, 4) is 16.9 Å². The third-order valence-corrected chi connectivity index (χ3v) is 8.87. The molecular formula is C29H30BrClFN3O3. The van der Waals surface area contributed by atoms with E-state index in [0.29, 0.717) is 51.4 Å². The summed E-state index contributed by atoms with van der Waals surface area (Å²) in [6.07, 6.45) is 4.49. The standard InChI is InChI=1S/C29H30BrClFN3O3/c1-36-17-38-21-12-18-6-2-3-7-22(18)23(13-21)26-25(31)14-24-28(27(26)32)33-35(29(24)30)11-5-4-10-34-19-8-9-20(34)16-37-15-19/h2-3,6-7,12-14,19-20H,4-5,8-11,15-17H2,1H3. The zero-order valence-corrected chi connectivity index (χ0v) is 23.6. The van der Waals surface area contributed by atoms with Crippen LogP contribution in [-0.4, -0.2) is 60.4 Å². The topological polar surface area (TPSA) is 48.8 Å². The van der Waals surface area contributed by atoms with Crippen molar-refractivity contribution in [3.63, 3.8) is 0 Å². The molecule has 2 unspecified atom stereocenters. The second kappa shape index (κ2) is 11.1. The van der Waals surface area contributed by atoms with E-state index in [4.69, 9.17) is 25.8 Å². The van der Waals surface area contributed by atoms with Crippen LogP contribution in [0.2, 0.25) is 5.02 Å². The number of halogens is 3. The Labute approximate surface area is 234 Å². The largest absolute Gasteiger partial charge is 0.468 e. The highest BCUT2D eigenvalue weighted by Crippen LogP contribution is 2.42. The van der Waals surface area contributed by atoms with Crippen LogP contribution in [0.15, 0.2) is 47.1 Å². The molecule has 0 aliphatic carbocycles. The van der Waals surface area contributed by atoms with E-state index in [0.717, 1.165) is 48.0 Å². The lowest BCUT2D eigenvalue weighted by Gasteiger charge is -2.34. The van der Waals surface area contributed by atoms with Crippen molar-refractivity contribution in [2.75, 3.05) is 33.7 Å². The van der Waals surface area contributed by atoms with Crippen LogP contribution in [0.3, 0.4) is 0 Å². The molecule has 3 aromatic carbocycles. The van der Waals surface area contributed by atoms with Gasteiger partial charge < -0.3 is 14.2 Å². The molecule has 2 bridgehead atoms. The number of methoxy groups -OCH3 is 1. The first-order valence-corrected chi connectivity index (χ1v) is 14.2. The van der Waals surface area contributed by atoms with Gasteiger partial charge in [0.25, 0.3) is 0 Å². The Kier molecular flexibility index (Phi) is 7.60. The molecule has 2 aliphatic heterocycles. The van der Waals surface area contributed by atoms with Gasteiger partial charge in [0.2, 0.25) is 0 Å². The van der Waals surface area contributed by atoms with Gasteiger partial charge in [0.1, 0.15) is 15.9 Å². The fourth-order valence-electron chi connectivity index (χ4n) is 5.90. The third kappa shape index (κ3) is 4.82. The van der Waals surface area contributed by atoms with E-state index < -0.39 is 5.82 Å². The number of ether oxygens (including phenoxy) is 3. The van der Waals surface area contributed by atoms with E-state index in [1.54, 1.807) is 13.2 Å². The Morgan fingerprint density at radius 1 is 1.08 bits per heavy atom. The molecule has 2 saturated heterocycles. The minimum atomic E-state index is -0.439. The minimum absolute atomic E-state index is 0.0945. The molecule has 3 heterocycles. The summed E-state index contributed by atoms with van der Waals surface area (Å²) in [4.78, 5) is 2.61. The maximum atomic E-state index is 16.2. The monoisotopic (exact) mass is 601 g/mol. The van der Waals surface area contributed by atoms with E-state index in [2.05, 4.69) is 25.9 Å². The summed E-state index contributed by atoms with van der Waals surface area (Å²) in [6, 6.07) is 14.4. The molecule has 0 N–H and O–H groups in total. The van der Waals surface area contributed by atoms with Gasteiger partial charge in [0, 0.05) is 36.7 Å². The Morgan fingerprint density at radius 2 is 1.84 bits per heavy atom. The SMILES string of the molecule is COCOc1cc(-c2c(Cl)cc3c(Br)n(CCCCN4C5CCC4COC5)nc3c2F)c2ccccc2c1. The molecule has 2 atom stereocenters. The Morgan fingerprint density at radius 3 is 2.63 bits per heavy atom. The van der Waals surface area contributed by atoms with Crippen LogP contribution in [0.1, 0.15) is 25.7 Å². The van der Waals surface area contributed by atoms with Gasteiger partial charge in [-0.3, -0.25) is 9.58 Å². The number of rotatable bonds is 9. The zero-order chi connectivity index (χ0) is 26.2. The molecule has 38 heavy (non-hydrogen) atoms. The predicted octanol–water partition coefficient (Wildman–Crippen LogP) is 7.04. The average Bonchev–Trinajstić information content (AvgIpc) is 3.34. The van der Waals surface area contributed by atoms with Gasteiger partial charge in [-0.05, 0) is 82.7 Å². The number of aromatic nitrogens is 2. The van der Waals surface area contributed by atoms with Crippen LogP contribution in [0, 0.1) is 5.82 Å². The molecule has 0 spiro atoms. The van der Waals surface area contributed by atoms with Crippen LogP contribution in [0.5, 0.6) is 5.75 Å². The number of fused-ring (bicyclic) bond motifs is 4. The predicted molar refractivity (Wildman–Crippen MR) is 151 cm³/mol. The van der Waals surface area contributed by atoms with Crippen molar-refractivity contribution in [2.45, 2.75) is 44.3 Å². The fourth-order valence-corrected chi connectivity index (χ4v) is 6.75. The van der Waals surface area contributed by atoms with Crippen LogP contribution < -0.4 is 4.74 Å². The van der Waals surface area contributed by atoms with Gasteiger partial charge >= 0.3 is 0 Å². The molecule has 6 nitrogen and oxygen atoms in total. The summed E-state index contributed by atoms with van der Waals surface area (Å²) >= 11 is 10.4. The zero-order valence-electron chi connectivity index (χ0n) is 21.3. The van der Waals surface area contributed by atoms with Gasteiger partial charge in [-0.1, -0.05) is 35.9 Å². The van der Waals surface area contributed by atoms with Crippen molar-refractivity contribution in [3.05, 3.63) is 57.9 Å². The first-order chi connectivity index (χ1) is 18.5. The summed E-state index contributed by atoms with van der Waals surface area (Å²) in [5.41, 5.74) is 1.28. The van der Waals surface area contributed by atoms with Crippen molar-refractivity contribution in [1.29, 1.82) is 0 Å². The smallest absolute Gasteiger partial charge is 0.188 e.